The van der Waals surface area contributed by atoms with Crippen LogP contribution in [0.2, 0.25) is 0 Å². The van der Waals surface area contributed by atoms with E-state index in [0.717, 1.165) is 11.3 Å². The molecule has 0 aromatic heterocycles. The molecule has 0 aliphatic heterocycles. The lowest BCUT2D eigenvalue weighted by atomic mass is 9.99. The number of rotatable bonds is 9. The maximum atomic E-state index is 5.49. The maximum absolute atomic E-state index is 5.49. The van der Waals surface area contributed by atoms with Gasteiger partial charge in [-0.15, -0.1) is 0 Å². The zero-order chi connectivity index (χ0) is 23.1. The van der Waals surface area contributed by atoms with E-state index in [1.54, 1.807) is 7.11 Å². The molecule has 0 aliphatic carbocycles. The van der Waals surface area contributed by atoms with Crippen molar-refractivity contribution in [1.29, 1.82) is 0 Å². The van der Waals surface area contributed by atoms with Gasteiger partial charge in [0.2, 0.25) is 0 Å². The molecule has 170 valence electrons. The molecule has 0 saturated carbocycles. The Morgan fingerprint density at radius 2 is 1.19 bits per heavy atom. The molecule has 0 aliphatic rings. The van der Waals surface area contributed by atoms with Crippen molar-refractivity contribution in [3.8, 4) is 0 Å². The molecule has 6 heteroatoms. The zero-order valence-corrected chi connectivity index (χ0v) is 20.9. The summed E-state index contributed by atoms with van der Waals surface area (Å²) in [5.74, 6) is 0. The fourth-order valence-electron chi connectivity index (χ4n) is 4.25. The first-order valence-electron chi connectivity index (χ1n) is 10.8. The Morgan fingerprint density at radius 3 is 1.66 bits per heavy atom. The lowest BCUT2D eigenvalue weighted by Gasteiger charge is -2.46. The first-order chi connectivity index (χ1) is 15.4. The van der Waals surface area contributed by atoms with E-state index in [2.05, 4.69) is 122 Å². The van der Waals surface area contributed by atoms with Crippen LogP contribution in [0.25, 0.3) is 0 Å². The molecule has 0 saturated heterocycles. The Morgan fingerprint density at radius 1 is 0.719 bits per heavy atom. The van der Waals surface area contributed by atoms with Crippen LogP contribution in [0.1, 0.15) is 22.7 Å². The van der Waals surface area contributed by atoms with Crippen molar-refractivity contribution in [2.45, 2.75) is 12.6 Å². The highest BCUT2D eigenvalue weighted by atomic mass is 31.2. The van der Waals surface area contributed by atoms with Gasteiger partial charge in [0.05, 0.1) is 18.3 Å². The summed E-state index contributed by atoms with van der Waals surface area (Å²) in [5.41, 5.74) is 4.55. The Kier molecular flexibility index (Phi) is 8.41. The monoisotopic (exact) mass is 450 g/mol. The number of ether oxygens (including phenoxy) is 1. The first-order valence-corrected chi connectivity index (χ1v) is 12.4. The van der Waals surface area contributed by atoms with Gasteiger partial charge in [-0.1, -0.05) is 78.9 Å². The van der Waals surface area contributed by atoms with Crippen LogP contribution in [-0.4, -0.2) is 56.4 Å². The van der Waals surface area contributed by atoms with Crippen molar-refractivity contribution < 1.29 is 4.74 Å². The maximum Gasteiger partial charge on any atom is 0.172 e. The number of nitrogens with zero attached hydrogens (tertiary/aromatic N) is 4. The predicted octanol–water partition coefficient (Wildman–Crippen LogP) is 6.26. The molecule has 0 heterocycles. The molecule has 0 amide bonds. The van der Waals surface area contributed by atoms with Gasteiger partial charge >= 0.3 is 0 Å². The van der Waals surface area contributed by atoms with Gasteiger partial charge < -0.3 is 4.74 Å². The van der Waals surface area contributed by atoms with Crippen LogP contribution in [0.15, 0.2) is 89.7 Å². The molecule has 3 aromatic rings. The summed E-state index contributed by atoms with van der Waals surface area (Å²) >= 11 is 0. The highest BCUT2D eigenvalue weighted by molar-refractivity contribution is 7.59. The Labute approximate surface area is 193 Å². The minimum absolute atomic E-state index is 0.0499. The summed E-state index contributed by atoms with van der Waals surface area (Å²) in [6.45, 7) is 0.533. The molecular weight excluding hydrogens is 415 g/mol. The summed E-state index contributed by atoms with van der Waals surface area (Å²) < 4.78 is 17.9. The molecule has 5 nitrogen and oxygen atoms in total. The minimum atomic E-state index is -2.32. The fraction of sp³-hybridized carbons (Fsp3) is 0.308. The molecule has 0 spiro atoms. The minimum Gasteiger partial charge on any atom is -0.380 e. The van der Waals surface area contributed by atoms with Crippen LogP contribution in [0.3, 0.4) is 0 Å². The summed E-state index contributed by atoms with van der Waals surface area (Å²) in [4.78, 5) is 0. The fourth-order valence-corrected chi connectivity index (χ4v) is 7.66. The summed E-state index contributed by atoms with van der Waals surface area (Å²) in [5, 5.41) is 0. The van der Waals surface area contributed by atoms with E-state index < -0.39 is 7.51 Å². The van der Waals surface area contributed by atoms with E-state index in [-0.39, 0.29) is 6.04 Å². The lowest BCUT2D eigenvalue weighted by molar-refractivity contribution is 0.185. The van der Waals surface area contributed by atoms with E-state index in [0.29, 0.717) is 6.61 Å². The highest BCUT2D eigenvalue weighted by Crippen LogP contribution is 2.61. The van der Waals surface area contributed by atoms with Crippen molar-refractivity contribution in [2.75, 3.05) is 42.3 Å². The highest BCUT2D eigenvalue weighted by Gasteiger charge is 2.37. The average molecular weight is 451 g/mol. The number of methoxy groups -OCH3 is 1. The van der Waals surface area contributed by atoms with E-state index in [1.807, 2.05) is 12.1 Å². The van der Waals surface area contributed by atoms with Crippen LogP contribution in [0, 0.1) is 0 Å². The third-order valence-electron chi connectivity index (χ3n) is 5.63. The van der Waals surface area contributed by atoms with Gasteiger partial charge in [0.15, 0.2) is 7.51 Å². The second-order valence-electron chi connectivity index (χ2n) is 8.19. The largest absolute Gasteiger partial charge is 0.380 e. The van der Waals surface area contributed by atoms with Crippen molar-refractivity contribution in [1.82, 2.24) is 14.0 Å². The molecule has 0 atom stereocenters. The normalized spacial score (nSPS) is 12.2. The number of hydrogen-bond acceptors (Lipinski definition) is 2. The van der Waals surface area contributed by atoms with Gasteiger partial charge in [0, 0.05) is 12.7 Å². The van der Waals surface area contributed by atoms with Crippen LogP contribution in [0.5, 0.6) is 0 Å². The van der Waals surface area contributed by atoms with E-state index in [4.69, 9.17) is 9.48 Å². The van der Waals surface area contributed by atoms with Crippen LogP contribution < -0.4 is 0 Å². The Balaban J connectivity index is 2.27. The molecule has 0 radical (unpaired) electrons. The second kappa shape index (κ2) is 11.0. The Hall–Kier alpha value is -2.27. The van der Waals surface area contributed by atoms with E-state index >= 15 is 0 Å². The smallest absolute Gasteiger partial charge is 0.172 e. The van der Waals surface area contributed by atoms with E-state index in [9.17, 15) is 0 Å². The summed E-state index contributed by atoms with van der Waals surface area (Å²) in [6.07, 6.45) is 0. The Bertz CT molecular complexity index is 986. The van der Waals surface area contributed by atoms with Gasteiger partial charge in [0.1, 0.15) is 0 Å². The third-order valence-corrected chi connectivity index (χ3v) is 9.34. The molecule has 0 N–H and O–H groups in total. The molecule has 32 heavy (non-hydrogen) atoms. The number of benzene rings is 3. The topological polar surface area (TPSA) is 31.3 Å². The molecule has 0 fully saturated rings. The van der Waals surface area contributed by atoms with Crippen LogP contribution in [0.4, 0.5) is 5.69 Å². The first kappa shape index (κ1) is 24.4. The molecule has 3 aromatic carbocycles. The second-order valence-corrected chi connectivity index (χ2v) is 11.7. The molecular formula is C26H35N4OP. The molecule has 0 bridgehead atoms. The summed E-state index contributed by atoms with van der Waals surface area (Å²) in [7, 11) is 10.1. The van der Waals surface area contributed by atoms with Gasteiger partial charge in [-0.25, -0.2) is 9.42 Å². The SMILES string of the molecule is COCc1ccccc1N=P(N(C)C)(N(C)C)N(C)C(c1ccccc1)c1ccccc1. The van der Waals surface area contributed by atoms with Gasteiger partial charge in [-0.3, -0.25) is 9.34 Å². The lowest BCUT2D eigenvalue weighted by Crippen LogP contribution is -2.35. The standard InChI is InChI=1S/C26H35N4OP/c1-28(2)32(29(3)4,27-25-20-14-13-19-24(25)21-31-6)30(5)26(22-15-9-7-10-16-22)23-17-11-8-12-18-23/h7-20,26H,21H2,1-6H3. The van der Waals surface area contributed by atoms with Gasteiger partial charge in [-0.05, 0) is 52.4 Å². The van der Waals surface area contributed by atoms with Crippen LogP contribution >= 0.6 is 7.51 Å². The van der Waals surface area contributed by atoms with Gasteiger partial charge in [0.25, 0.3) is 0 Å². The van der Waals surface area contributed by atoms with Crippen molar-refractivity contribution >= 4 is 13.2 Å². The van der Waals surface area contributed by atoms with E-state index in [1.165, 1.54) is 11.1 Å². The molecule has 3 rings (SSSR count). The summed E-state index contributed by atoms with van der Waals surface area (Å²) in [6, 6.07) is 29.7. The van der Waals surface area contributed by atoms with Crippen molar-refractivity contribution in [2.24, 2.45) is 4.74 Å². The zero-order valence-electron chi connectivity index (χ0n) is 20.0. The quantitative estimate of drug-likeness (QED) is 0.360. The molecule has 0 unspecified atom stereocenters. The third kappa shape index (κ3) is 5.03. The predicted molar refractivity (Wildman–Crippen MR) is 136 cm³/mol. The average Bonchev–Trinajstić information content (AvgIpc) is 2.79. The van der Waals surface area contributed by atoms with Crippen molar-refractivity contribution in [3.63, 3.8) is 0 Å². The van der Waals surface area contributed by atoms with Gasteiger partial charge in [-0.2, -0.15) is 0 Å². The van der Waals surface area contributed by atoms with Crippen molar-refractivity contribution in [3.05, 3.63) is 102 Å². The van der Waals surface area contributed by atoms with Crippen LogP contribution in [-0.2, 0) is 11.3 Å². The number of hydrogen-bond donors (Lipinski definition) is 0.